The highest BCUT2D eigenvalue weighted by Gasteiger charge is 2.17. The number of hydrogen-bond donors (Lipinski definition) is 1. The summed E-state index contributed by atoms with van der Waals surface area (Å²) >= 11 is 1.24. The van der Waals surface area contributed by atoms with E-state index in [9.17, 15) is 8.78 Å². The predicted molar refractivity (Wildman–Crippen MR) is 67.4 cm³/mol. The third kappa shape index (κ3) is 3.19. The Hall–Kier alpha value is -0.610. The summed E-state index contributed by atoms with van der Waals surface area (Å²) in [6, 6.07) is 2.67. The maximum absolute atomic E-state index is 13.8. The Balaban J connectivity index is 2.12. The summed E-state index contributed by atoms with van der Waals surface area (Å²) in [5.74, 6) is -0.156. The summed E-state index contributed by atoms with van der Waals surface area (Å²) in [5, 5.41) is 3.29. The lowest BCUT2D eigenvalue weighted by Gasteiger charge is -2.23. The molecule has 1 saturated heterocycles. The molecule has 1 fully saturated rings. The molecule has 1 aliphatic rings. The van der Waals surface area contributed by atoms with Crippen molar-refractivity contribution in [3.63, 3.8) is 0 Å². The fraction of sp³-hybridized carbons (Fsp3) is 0.538. The van der Waals surface area contributed by atoms with Crippen LogP contribution >= 0.6 is 11.8 Å². The molecule has 0 aliphatic carbocycles. The van der Waals surface area contributed by atoms with Crippen molar-refractivity contribution < 1.29 is 8.78 Å². The number of nitrogens with one attached hydrogen (secondary N) is 1. The van der Waals surface area contributed by atoms with Crippen LogP contribution in [0.25, 0.3) is 0 Å². The number of rotatable bonds is 3. The van der Waals surface area contributed by atoms with E-state index >= 15 is 0 Å². The van der Waals surface area contributed by atoms with E-state index in [1.807, 2.05) is 0 Å². The summed E-state index contributed by atoms with van der Waals surface area (Å²) in [7, 11) is 0. The van der Waals surface area contributed by atoms with Gasteiger partial charge < -0.3 is 5.32 Å². The Morgan fingerprint density at radius 2 is 2.18 bits per heavy atom. The first kappa shape index (κ1) is 12.8. The van der Waals surface area contributed by atoms with Gasteiger partial charge in [-0.25, -0.2) is 8.78 Å². The molecule has 1 N–H and O–H groups in total. The van der Waals surface area contributed by atoms with Gasteiger partial charge in [0, 0.05) is 4.90 Å². The second-order valence-electron chi connectivity index (χ2n) is 4.49. The summed E-state index contributed by atoms with van der Waals surface area (Å²) in [4.78, 5) is 0.382. The molecular weight excluding hydrogens is 240 g/mol. The number of piperidine rings is 1. The summed E-state index contributed by atoms with van der Waals surface area (Å²) in [6.07, 6.45) is 4.60. The molecule has 1 nitrogen and oxygen atoms in total. The van der Waals surface area contributed by atoms with E-state index in [4.69, 9.17) is 0 Å². The fourth-order valence-corrected chi connectivity index (χ4v) is 2.77. The molecule has 17 heavy (non-hydrogen) atoms. The predicted octanol–water partition coefficient (Wildman–Crippen LogP) is 3.23. The molecule has 0 radical (unpaired) electrons. The molecule has 0 amide bonds. The number of benzene rings is 1. The van der Waals surface area contributed by atoms with Crippen LogP contribution in [0.15, 0.2) is 17.0 Å². The molecule has 94 valence electrons. The second-order valence-corrected chi connectivity index (χ2v) is 5.34. The Bertz CT molecular complexity index is 389. The van der Waals surface area contributed by atoms with E-state index in [1.165, 1.54) is 23.9 Å². The van der Waals surface area contributed by atoms with Crippen molar-refractivity contribution in [1.82, 2.24) is 5.32 Å². The Morgan fingerprint density at radius 1 is 1.35 bits per heavy atom. The Morgan fingerprint density at radius 3 is 2.82 bits per heavy atom. The van der Waals surface area contributed by atoms with Crippen molar-refractivity contribution in [1.29, 1.82) is 0 Å². The standard InChI is InChI=1S/C13H17F2NS/c1-17-13-7-11(14)10(6-12(13)15)5-9-3-2-4-16-8-9/h6-7,9,16H,2-5,8H2,1H3. The highest BCUT2D eigenvalue weighted by molar-refractivity contribution is 7.98. The second kappa shape index (κ2) is 5.83. The normalized spacial score (nSPS) is 20.5. The van der Waals surface area contributed by atoms with Crippen LogP contribution in [0.4, 0.5) is 8.78 Å². The van der Waals surface area contributed by atoms with Crippen molar-refractivity contribution in [3.8, 4) is 0 Å². The summed E-state index contributed by atoms with van der Waals surface area (Å²) in [5.41, 5.74) is 0.508. The van der Waals surface area contributed by atoms with Gasteiger partial charge in [0.2, 0.25) is 0 Å². The van der Waals surface area contributed by atoms with E-state index in [2.05, 4.69) is 5.32 Å². The maximum Gasteiger partial charge on any atom is 0.137 e. The van der Waals surface area contributed by atoms with E-state index in [0.29, 0.717) is 22.8 Å². The zero-order valence-corrected chi connectivity index (χ0v) is 10.7. The van der Waals surface area contributed by atoms with Gasteiger partial charge in [-0.1, -0.05) is 0 Å². The molecule has 1 heterocycles. The average molecular weight is 257 g/mol. The van der Waals surface area contributed by atoms with Gasteiger partial charge in [-0.15, -0.1) is 11.8 Å². The molecule has 0 saturated carbocycles. The quantitative estimate of drug-likeness (QED) is 0.834. The number of hydrogen-bond acceptors (Lipinski definition) is 2. The lowest BCUT2D eigenvalue weighted by atomic mass is 9.92. The molecule has 4 heteroatoms. The first-order chi connectivity index (χ1) is 8.20. The van der Waals surface area contributed by atoms with E-state index in [-0.39, 0.29) is 11.6 Å². The van der Waals surface area contributed by atoms with Crippen molar-refractivity contribution in [2.45, 2.75) is 24.2 Å². The monoisotopic (exact) mass is 257 g/mol. The number of halogens is 2. The minimum atomic E-state index is -0.308. The van der Waals surface area contributed by atoms with Crippen LogP contribution < -0.4 is 5.32 Å². The van der Waals surface area contributed by atoms with Gasteiger partial charge in [0.05, 0.1) is 0 Å². The van der Waals surface area contributed by atoms with Crippen molar-refractivity contribution in [3.05, 3.63) is 29.3 Å². The van der Waals surface area contributed by atoms with Gasteiger partial charge in [0.25, 0.3) is 0 Å². The smallest absolute Gasteiger partial charge is 0.137 e. The fourth-order valence-electron chi connectivity index (χ4n) is 2.29. The van der Waals surface area contributed by atoms with Crippen LogP contribution in [0, 0.1) is 17.6 Å². The third-order valence-corrected chi connectivity index (χ3v) is 3.98. The van der Waals surface area contributed by atoms with E-state index in [1.54, 1.807) is 6.26 Å². The molecule has 1 aliphatic heterocycles. The molecule has 1 atom stereocenters. The molecule has 0 spiro atoms. The topological polar surface area (TPSA) is 12.0 Å². The van der Waals surface area contributed by atoms with Gasteiger partial charge in [-0.3, -0.25) is 0 Å². The lowest BCUT2D eigenvalue weighted by molar-refractivity contribution is 0.371. The van der Waals surface area contributed by atoms with Crippen LogP contribution in [-0.4, -0.2) is 19.3 Å². The first-order valence-electron chi connectivity index (χ1n) is 5.93. The van der Waals surface area contributed by atoms with E-state index in [0.717, 1.165) is 25.9 Å². The molecule has 1 aromatic carbocycles. The Kier molecular flexibility index (Phi) is 4.40. The van der Waals surface area contributed by atoms with Crippen molar-refractivity contribution in [2.24, 2.45) is 5.92 Å². The largest absolute Gasteiger partial charge is 0.316 e. The van der Waals surface area contributed by atoms with Crippen LogP contribution in [0.2, 0.25) is 0 Å². The summed E-state index contributed by atoms with van der Waals surface area (Å²) < 4.78 is 27.4. The van der Waals surface area contributed by atoms with Crippen molar-refractivity contribution >= 4 is 11.8 Å². The maximum atomic E-state index is 13.8. The molecular formula is C13H17F2NS. The zero-order valence-electron chi connectivity index (χ0n) is 9.93. The van der Waals surface area contributed by atoms with Crippen LogP contribution in [0.3, 0.4) is 0 Å². The number of thioether (sulfide) groups is 1. The van der Waals surface area contributed by atoms with Crippen LogP contribution in [-0.2, 0) is 6.42 Å². The zero-order chi connectivity index (χ0) is 12.3. The minimum Gasteiger partial charge on any atom is -0.316 e. The highest BCUT2D eigenvalue weighted by atomic mass is 32.2. The first-order valence-corrected chi connectivity index (χ1v) is 7.16. The molecule has 0 bridgehead atoms. The SMILES string of the molecule is CSc1cc(F)c(CC2CCCNC2)cc1F. The molecule has 2 rings (SSSR count). The van der Waals surface area contributed by atoms with Crippen LogP contribution in [0.5, 0.6) is 0 Å². The third-order valence-electron chi connectivity index (χ3n) is 3.23. The van der Waals surface area contributed by atoms with Crippen molar-refractivity contribution in [2.75, 3.05) is 19.3 Å². The van der Waals surface area contributed by atoms with Crippen LogP contribution in [0.1, 0.15) is 18.4 Å². The summed E-state index contributed by atoms with van der Waals surface area (Å²) in [6.45, 7) is 1.95. The van der Waals surface area contributed by atoms with Gasteiger partial charge in [-0.05, 0) is 62.2 Å². The van der Waals surface area contributed by atoms with Gasteiger partial charge in [0.15, 0.2) is 0 Å². The van der Waals surface area contributed by atoms with Gasteiger partial charge in [0.1, 0.15) is 11.6 Å². The molecule has 1 aromatic rings. The highest BCUT2D eigenvalue weighted by Crippen LogP contribution is 2.25. The minimum absolute atomic E-state index is 0.277. The van der Waals surface area contributed by atoms with Gasteiger partial charge >= 0.3 is 0 Å². The average Bonchev–Trinajstić information content (AvgIpc) is 2.34. The molecule has 0 aromatic heterocycles. The molecule has 1 unspecified atom stereocenters. The van der Waals surface area contributed by atoms with E-state index < -0.39 is 0 Å². The van der Waals surface area contributed by atoms with Gasteiger partial charge in [-0.2, -0.15) is 0 Å². The Labute approximate surface area is 105 Å². The lowest BCUT2D eigenvalue weighted by Crippen LogP contribution is -2.31.